The summed E-state index contributed by atoms with van der Waals surface area (Å²) >= 11 is 1.39. The predicted octanol–water partition coefficient (Wildman–Crippen LogP) is 2.23. The Morgan fingerprint density at radius 2 is 2.42 bits per heavy atom. The number of ketones is 1. The summed E-state index contributed by atoms with van der Waals surface area (Å²) in [6, 6.07) is 1.78. The summed E-state index contributed by atoms with van der Waals surface area (Å²) in [4.78, 5) is 16.7. The van der Waals surface area contributed by atoms with Crippen LogP contribution in [-0.4, -0.2) is 15.9 Å². The lowest BCUT2D eigenvalue weighted by Gasteiger charge is -1.97. The molecule has 1 aliphatic carbocycles. The summed E-state index contributed by atoms with van der Waals surface area (Å²) in [6.45, 7) is 2.19. The Kier molecular flexibility index (Phi) is 2.98. The molecule has 0 bridgehead atoms. The maximum Gasteiger partial charge on any atom is 0.223 e. The van der Waals surface area contributed by atoms with Gasteiger partial charge in [0.25, 0.3) is 0 Å². The highest BCUT2D eigenvalue weighted by Gasteiger charge is 2.32. The van der Waals surface area contributed by atoms with Crippen LogP contribution >= 0.6 is 11.3 Å². The second kappa shape index (κ2) is 4.65. The average molecular weight is 278 g/mol. The molecule has 6 nitrogen and oxygen atoms in total. The highest BCUT2D eigenvalue weighted by molar-refractivity contribution is 7.18. The number of anilines is 2. The molecule has 0 spiro atoms. The number of nitrogens with zero attached hydrogens (tertiary/aromatic N) is 2. The van der Waals surface area contributed by atoms with Crippen LogP contribution in [0.25, 0.3) is 0 Å². The first kappa shape index (κ1) is 12.2. The van der Waals surface area contributed by atoms with Crippen LogP contribution in [0.4, 0.5) is 10.7 Å². The summed E-state index contributed by atoms with van der Waals surface area (Å²) in [5, 5.41) is 7.79. The Bertz CT molecular complexity index is 615. The van der Waals surface area contributed by atoms with Crippen molar-refractivity contribution in [2.45, 2.75) is 26.3 Å². The Morgan fingerprint density at radius 3 is 3.05 bits per heavy atom. The number of rotatable bonds is 5. The van der Waals surface area contributed by atoms with Crippen LogP contribution in [0.5, 0.6) is 0 Å². The van der Waals surface area contributed by atoms with Gasteiger partial charge in [-0.1, -0.05) is 5.16 Å². The maximum atomic E-state index is 12.0. The Balaban J connectivity index is 1.68. The number of hydrogen-bond donors (Lipinski definition) is 2. The predicted molar refractivity (Wildman–Crippen MR) is 72.1 cm³/mol. The molecule has 7 heteroatoms. The summed E-state index contributed by atoms with van der Waals surface area (Å²) < 4.78 is 4.88. The molecule has 2 aromatic heterocycles. The molecule has 0 saturated heterocycles. The number of carbonyl (C=O) groups is 1. The van der Waals surface area contributed by atoms with E-state index in [2.05, 4.69) is 15.5 Å². The maximum absolute atomic E-state index is 12.0. The first-order chi connectivity index (χ1) is 9.13. The van der Waals surface area contributed by atoms with Crippen molar-refractivity contribution in [2.24, 2.45) is 5.92 Å². The Hall–Kier alpha value is -1.89. The van der Waals surface area contributed by atoms with E-state index in [1.54, 1.807) is 13.0 Å². The Labute approximate surface area is 114 Å². The quantitative estimate of drug-likeness (QED) is 0.814. The zero-order chi connectivity index (χ0) is 13.4. The fourth-order valence-corrected chi connectivity index (χ4v) is 2.79. The molecule has 3 N–H and O–H groups in total. The van der Waals surface area contributed by atoms with Crippen molar-refractivity contribution in [3.8, 4) is 0 Å². The molecule has 1 saturated carbocycles. The first-order valence-corrected chi connectivity index (χ1v) is 6.91. The van der Waals surface area contributed by atoms with E-state index >= 15 is 0 Å². The van der Waals surface area contributed by atoms with Crippen molar-refractivity contribution in [3.63, 3.8) is 0 Å². The monoisotopic (exact) mass is 278 g/mol. The summed E-state index contributed by atoms with van der Waals surface area (Å²) in [7, 11) is 0. The largest absolute Gasteiger partial charge is 0.397 e. The van der Waals surface area contributed by atoms with Gasteiger partial charge in [0.1, 0.15) is 0 Å². The molecule has 0 unspecified atom stereocenters. The fraction of sp³-hybridized carbons (Fsp3) is 0.417. The standard InChI is InChI=1S/C12H14N4O2S/c1-6-15-9(16-18-6)5-14-10-4-8(13)12(19-10)11(17)7-2-3-7/h4,7,14H,2-3,5,13H2,1H3. The topological polar surface area (TPSA) is 94.0 Å². The van der Waals surface area contributed by atoms with E-state index in [9.17, 15) is 4.79 Å². The number of thiophene rings is 1. The lowest BCUT2D eigenvalue weighted by molar-refractivity contribution is 0.0972. The number of hydrogen-bond acceptors (Lipinski definition) is 7. The lowest BCUT2D eigenvalue weighted by atomic mass is 10.2. The fourth-order valence-electron chi connectivity index (χ4n) is 1.80. The highest BCUT2D eigenvalue weighted by Crippen LogP contribution is 2.38. The molecule has 3 rings (SSSR count). The second-order valence-electron chi connectivity index (χ2n) is 4.62. The van der Waals surface area contributed by atoms with E-state index in [-0.39, 0.29) is 11.7 Å². The lowest BCUT2D eigenvalue weighted by Crippen LogP contribution is -2.01. The third kappa shape index (κ3) is 2.60. The van der Waals surface area contributed by atoms with E-state index in [1.807, 2.05) is 0 Å². The molecule has 0 radical (unpaired) electrons. The number of carbonyl (C=O) groups excluding carboxylic acids is 1. The van der Waals surface area contributed by atoms with Crippen molar-refractivity contribution in [1.82, 2.24) is 10.1 Å². The van der Waals surface area contributed by atoms with E-state index < -0.39 is 0 Å². The Morgan fingerprint density at radius 1 is 1.63 bits per heavy atom. The first-order valence-electron chi connectivity index (χ1n) is 6.10. The molecule has 0 amide bonds. The van der Waals surface area contributed by atoms with Crippen LogP contribution in [0.15, 0.2) is 10.6 Å². The highest BCUT2D eigenvalue weighted by atomic mass is 32.1. The van der Waals surface area contributed by atoms with Gasteiger partial charge in [-0.25, -0.2) is 0 Å². The van der Waals surface area contributed by atoms with Crippen LogP contribution in [0.1, 0.15) is 34.2 Å². The van der Waals surface area contributed by atoms with E-state index in [0.717, 1.165) is 17.8 Å². The minimum Gasteiger partial charge on any atom is -0.397 e. The molecule has 2 heterocycles. The molecule has 100 valence electrons. The van der Waals surface area contributed by atoms with Gasteiger partial charge in [-0.05, 0) is 18.9 Å². The van der Waals surface area contributed by atoms with Gasteiger partial charge in [0.15, 0.2) is 11.6 Å². The molecule has 0 aliphatic heterocycles. The minimum absolute atomic E-state index is 0.172. The molecular formula is C12H14N4O2S. The van der Waals surface area contributed by atoms with Gasteiger partial charge in [-0.15, -0.1) is 11.3 Å². The third-order valence-electron chi connectivity index (χ3n) is 2.92. The van der Waals surface area contributed by atoms with Crippen LogP contribution in [-0.2, 0) is 6.54 Å². The summed E-state index contributed by atoms with van der Waals surface area (Å²) in [5.74, 6) is 1.48. The van der Waals surface area contributed by atoms with Crippen LogP contribution < -0.4 is 11.1 Å². The number of Topliss-reactive ketones (excluding diaryl/α,β-unsaturated/α-hetero) is 1. The van der Waals surface area contributed by atoms with Crippen molar-refractivity contribution in [1.29, 1.82) is 0 Å². The summed E-state index contributed by atoms with van der Waals surface area (Å²) in [6.07, 6.45) is 1.97. The number of aromatic nitrogens is 2. The third-order valence-corrected chi connectivity index (χ3v) is 4.05. The molecule has 1 aliphatic rings. The van der Waals surface area contributed by atoms with Gasteiger partial charge in [0.05, 0.1) is 22.1 Å². The van der Waals surface area contributed by atoms with Crippen LogP contribution in [0.3, 0.4) is 0 Å². The molecule has 1 fully saturated rings. The zero-order valence-corrected chi connectivity index (χ0v) is 11.3. The molecule has 2 aromatic rings. The second-order valence-corrected chi connectivity index (χ2v) is 5.67. The average Bonchev–Trinajstić information content (AvgIpc) is 3.05. The summed E-state index contributed by atoms with van der Waals surface area (Å²) in [5.41, 5.74) is 6.43. The van der Waals surface area contributed by atoms with E-state index in [0.29, 0.717) is 28.8 Å². The van der Waals surface area contributed by atoms with Gasteiger partial charge in [0, 0.05) is 12.8 Å². The van der Waals surface area contributed by atoms with Gasteiger partial charge in [-0.2, -0.15) is 4.98 Å². The van der Waals surface area contributed by atoms with Crippen molar-refractivity contribution in [2.75, 3.05) is 11.1 Å². The van der Waals surface area contributed by atoms with Gasteiger partial charge >= 0.3 is 0 Å². The van der Waals surface area contributed by atoms with Crippen molar-refractivity contribution in [3.05, 3.63) is 22.7 Å². The minimum atomic E-state index is 0.172. The van der Waals surface area contributed by atoms with Gasteiger partial charge in [-0.3, -0.25) is 4.79 Å². The van der Waals surface area contributed by atoms with Crippen molar-refractivity contribution < 1.29 is 9.32 Å². The van der Waals surface area contributed by atoms with Crippen LogP contribution in [0, 0.1) is 12.8 Å². The molecule has 0 aromatic carbocycles. The number of nitrogens with one attached hydrogen (secondary N) is 1. The smallest absolute Gasteiger partial charge is 0.223 e. The van der Waals surface area contributed by atoms with Crippen LogP contribution in [0.2, 0.25) is 0 Å². The molecular weight excluding hydrogens is 264 g/mol. The molecule has 0 atom stereocenters. The van der Waals surface area contributed by atoms with E-state index in [4.69, 9.17) is 10.3 Å². The molecule has 19 heavy (non-hydrogen) atoms. The number of aryl methyl sites for hydroxylation is 1. The SMILES string of the molecule is Cc1nc(CNc2cc(N)c(C(=O)C3CC3)s2)no1. The van der Waals surface area contributed by atoms with Crippen molar-refractivity contribution >= 4 is 27.8 Å². The normalized spacial score (nSPS) is 14.6. The number of nitrogen functional groups attached to an aromatic ring is 1. The zero-order valence-electron chi connectivity index (χ0n) is 10.5. The van der Waals surface area contributed by atoms with Gasteiger partial charge in [0.2, 0.25) is 5.89 Å². The van der Waals surface area contributed by atoms with E-state index in [1.165, 1.54) is 11.3 Å². The van der Waals surface area contributed by atoms with Gasteiger partial charge < -0.3 is 15.6 Å². The number of nitrogens with two attached hydrogens (primary N) is 1.